The number of halogens is 4. The number of hydrogen-bond acceptors (Lipinski definition) is 4. The first kappa shape index (κ1) is 17.2. The second-order valence-corrected chi connectivity index (χ2v) is 4.93. The molecule has 0 saturated heterocycles. The van der Waals surface area contributed by atoms with Crippen molar-refractivity contribution in [2.24, 2.45) is 0 Å². The van der Waals surface area contributed by atoms with Gasteiger partial charge in [0.2, 0.25) is 0 Å². The Kier molecular flexibility index (Phi) is 6.67. The number of alkyl halides is 3. The molecule has 0 amide bonds. The Labute approximate surface area is 124 Å². The molecule has 0 bridgehead atoms. The van der Waals surface area contributed by atoms with Gasteiger partial charge in [0.15, 0.2) is 5.82 Å². The summed E-state index contributed by atoms with van der Waals surface area (Å²) in [5.74, 6) is 0.827. The lowest BCUT2D eigenvalue weighted by Crippen LogP contribution is -2.18. The predicted octanol–water partition coefficient (Wildman–Crippen LogP) is 3.70. The first-order chi connectivity index (χ1) is 9.37. The van der Waals surface area contributed by atoms with Crippen molar-refractivity contribution in [3.63, 3.8) is 0 Å². The molecule has 20 heavy (non-hydrogen) atoms. The number of nitrogens with zero attached hydrogens (tertiary/aromatic N) is 2. The maximum absolute atomic E-state index is 12.0. The topological polar surface area (TPSA) is 47.0 Å². The van der Waals surface area contributed by atoms with Crippen molar-refractivity contribution < 1.29 is 17.9 Å². The molecule has 0 aromatic carbocycles. The molecule has 114 valence electrons. The molecule has 4 nitrogen and oxygen atoms in total. The van der Waals surface area contributed by atoms with Crippen LogP contribution in [0.3, 0.4) is 0 Å². The van der Waals surface area contributed by atoms with Gasteiger partial charge in [0.05, 0.1) is 10.2 Å². The molecule has 1 N–H and O–H groups in total. The lowest BCUT2D eigenvalue weighted by atomic mass is 10.2. The van der Waals surface area contributed by atoms with E-state index in [9.17, 15) is 13.2 Å². The molecule has 0 fully saturated rings. The normalized spacial score (nSPS) is 11.7. The summed E-state index contributed by atoms with van der Waals surface area (Å²) >= 11 is 3.41. The minimum atomic E-state index is -4.34. The third-order valence-corrected chi connectivity index (χ3v) is 3.13. The van der Waals surface area contributed by atoms with Crippen LogP contribution in [0.4, 0.5) is 19.0 Å². The van der Waals surface area contributed by atoms with Gasteiger partial charge in [-0.05, 0) is 29.3 Å². The highest BCUT2D eigenvalue weighted by atomic mass is 79.9. The second-order valence-electron chi connectivity index (χ2n) is 4.14. The van der Waals surface area contributed by atoms with Crippen molar-refractivity contribution in [1.82, 2.24) is 9.97 Å². The molecule has 0 radical (unpaired) electrons. The first-order valence-corrected chi connectivity index (χ1v) is 7.10. The summed E-state index contributed by atoms with van der Waals surface area (Å²) in [6, 6.07) is 0. The Morgan fingerprint density at radius 2 is 1.95 bits per heavy atom. The number of aryl methyl sites for hydroxylation is 1. The average Bonchev–Trinajstić information content (AvgIpc) is 2.34. The Balaban J connectivity index is 2.84. The fraction of sp³-hybridized carbons (Fsp3) is 0.667. The maximum Gasteiger partial charge on any atom is 0.411 e. The van der Waals surface area contributed by atoms with E-state index in [1.807, 2.05) is 13.8 Å². The molecule has 0 aliphatic heterocycles. The Morgan fingerprint density at radius 3 is 2.50 bits per heavy atom. The molecular weight excluding hydrogens is 339 g/mol. The van der Waals surface area contributed by atoms with Crippen LogP contribution in [0.5, 0.6) is 0 Å². The summed E-state index contributed by atoms with van der Waals surface area (Å²) in [5.41, 5.74) is 0.768. The lowest BCUT2D eigenvalue weighted by Gasteiger charge is -2.12. The van der Waals surface area contributed by atoms with E-state index in [0.29, 0.717) is 18.8 Å². The van der Waals surface area contributed by atoms with E-state index in [-0.39, 0.29) is 12.4 Å². The van der Waals surface area contributed by atoms with Crippen molar-refractivity contribution in [2.75, 3.05) is 18.5 Å². The molecule has 0 unspecified atom stereocenters. The van der Waals surface area contributed by atoms with Crippen LogP contribution in [-0.2, 0) is 17.8 Å². The van der Waals surface area contributed by atoms with Gasteiger partial charge in [-0.2, -0.15) is 13.2 Å². The van der Waals surface area contributed by atoms with E-state index in [1.54, 1.807) is 0 Å². The molecule has 8 heteroatoms. The van der Waals surface area contributed by atoms with E-state index < -0.39 is 12.8 Å². The quantitative estimate of drug-likeness (QED) is 0.809. The highest BCUT2D eigenvalue weighted by molar-refractivity contribution is 9.10. The smallest absolute Gasteiger partial charge is 0.369 e. The molecule has 0 aliphatic carbocycles. The van der Waals surface area contributed by atoms with Crippen LogP contribution in [-0.4, -0.2) is 29.3 Å². The summed E-state index contributed by atoms with van der Waals surface area (Å²) in [6.07, 6.45) is -2.75. The van der Waals surface area contributed by atoms with Crippen LogP contribution in [0, 0.1) is 0 Å². The molecule has 1 aromatic heterocycles. The summed E-state index contributed by atoms with van der Waals surface area (Å²) in [7, 11) is 0. The SMILES string of the molecule is CCCc1nc(COCC(F)(F)F)nc(NCC)c1Br. The van der Waals surface area contributed by atoms with Crippen LogP contribution in [0.25, 0.3) is 0 Å². The highest BCUT2D eigenvalue weighted by Crippen LogP contribution is 2.25. The van der Waals surface area contributed by atoms with Crippen molar-refractivity contribution in [1.29, 1.82) is 0 Å². The van der Waals surface area contributed by atoms with E-state index in [0.717, 1.165) is 16.6 Å². The van der Waals surface area contributed by atoms with E-state index in [1.165, 1.54) is 0 Å². The predicted molar refractivity (Wildman–Crippen MR) is 73.6 cm³/mol. The molecule has 1 heterocycles. The third kappa shape index (κ3) is 5.62. The summed E-state index contributed by atoms with van der Waals surface area (Å²) in [5, 5.41) is 3.05. The van der Waals surface area contributed by atoms with Crippen LogP contribution >= 0.6 is 15.9 Å². The molecule has 1 rings (SSSR count). The third-order valence-electron chi connectivity index (χ3n) is 2.29. The molecular formula is C12H17BrF3N3O. The zero-order valence-electron chi connectivity index (χ0n) is 11.4. The molecule has 0 atom stereocenters. The number of ether oxygens (including phenoxy) is 1. The monoisotopic (exact) mass is 355 g/mol. The molecule has 1 aromatic rings. The average molecular weight is 356 g/mol. The maximum atomic E-state index is 12.0. The second kappa shape index (κ2) is 7.78. The fourth-order valence-electron chi connectivity index (χ4n) is 1.55. The largest absolute Gasteiger partial charge is 0.411 e. The van der Waals surface area contributed by atoms with E-state index in [4.69, 9.17) is 0 Å². The summed E-state index contributed by atoms with van der Waals surface area (Å²) in [4.78, 5) is 8.40. The van der Waals surface area contributed by atoms with Crippen molar-refractivity contribution in [2.45, 2.75) is 39.5 Å². The lowest BCUT2D eigenvalue weighted by molar-refractivity contribution is -0.177. The van der Waals surface area contributed by atoms with Gasteiger partial charge in [-0.3, -0.25) is 0 Å². The summed E-state index contributed by atoms with van der Waals surface area (Å²) in [6.45, 7) is 3.01. The minimum absolute atomic E-state index is 0.247. The van der Waals surface area contributed by atoms with Gasteiger partial charge >= 0.3 is 6.18 Å². The molecule has 0 aliphatic rings. The van der Waals surface area contributed by atoms with Gasteiger partial charge in [0.25, 0.3) is 0 Å². The minimum Gasteiger partial charge on any atom is -0.369 e. The highest BCUT2D eigenvalue weighted by Gasteiger charge is 2.27. The fourth-order valence-corrected chi connectivity index (χ4v) is 2.07. The number of nitrogens with one attached hydrogen (secondary N) is 1. The standard InChI is InChI=1S/C12H17BrF3N3O/c1-3-5-8-10(13)11(17-4-2)19-9(18-8)6-20-7-12(14,15)16/h3-7H2,1-2H3,(H,17,18,19). The molecule has 0 spiro atoms. The Hall–Kier alpha value is -0.890. The number of rotatable bonds is 7. The van der Waals surface area contributed by atoms with E-state index >= 15 is 0 Å². The van der Waals surface area contributed by atoms with Gasteiger partial charge in [-0.1, -0.05) is 13.3 Å². The zero-order chi connectivity index (χ0) is 15.2. The van der Waals surface area contributed by atoms with Crippen LogP contribution in [0.2, 0.25) is 0 Å². The van der Waals surface area contributed by atoms with Gasteiger partial charge in [0, 0.05) is 6.54 Å². The number of aromatic nitrogens is 2. The summed E-state index contributed by atoms with van der Waals surface area (Å²) < 4.78 is 41.5. The van der Waals surface area contributed by atoms with Crippen LogP contribution in [0.1, 0.15) is 31.8 Å². The first-order valence-electron chi connectivity index (χ1n) is 6.31. The molecule has 0 saturated carbocycles. The van der Waals surface area contributed by atoms with Crippen LogP contribution in [0.15, 0.2) is 4.47 Å². The van der Waals surface area contributed by atoms with Gasteiger partial charge in [-0.15, -0.1) is 0 Å². The van der Waals surface area contributed by atoms with Crippen LogP contribution < -0.4 is 5.32 Å². The van der Waals surface area contributed by atoms with Crippen molar-refractivity contribution in [3.05, 3.63) is 16.0 Å². The van der Waals surface area contributed by atoms with Crippen molar-refractivity contribution in [3.8, 4) is 0 Å². The van der Waals surface area contributed by atoms with Gasteiger partial charge in [-0.25, -0.2) is 9.97 Å². The van der Waals surface area contributed by atoms with Gasteiger partial charge in [0.1, 0.15) is 19.0 Å². The number of hydrogen-bond donors (Lipinski definition) is 1. The number of anilines is 1. The Bertz CT molecular complexity index is 413. The van der Waals surface area contributed by atoms with Gasteiger partial charge < -0.3 is 10.1 Å². The zero-order valence-corrected chi connectivity index (χ0v) is 12.9. The van der Waals surface area contributed by atoms with Crippen molar-refractivity contribution >= 4 is 21.7 Å². The Morgan fingerprint density at radius 1 is 1.25 bits per heavy atom. The van der Waals surface area contributed by atoms with E-state index in [2.05, 4.69) is 36.0 Å².